The van der Waals surface area contributed by atoms with E-state index in [-0.39, 0.29) is 5.91 Å². The number of carbonyl (C=O) groups excluding carboxylic acids is 1. The lowest BCUT2D eigenvalue weighted by molar-refractivity contribution is -0.116. The van der Waals surface area contributed by atoms with Crippen LogP contribution in [0.25, 0.3) is 0 Å². The third kappa shape index (κ3) is 5.16. The lowest BCUT2D eigenvalue weighted by Gasteiger charge is -2.26. The van der Waals surface area contributed by atoms with Crippen molar-refractivity contribution in [1.82, 2.24) is 14.5 Å². The molecule has 0 bridgehead atoms. The van der Waals surface area contributed by atoms with Crippen LogP contribution in [0.3, 0.4) is 0 Å². The highest BCUT2D eigenvalue weighted by Crippen LogP contribution is 2.16. The van der Waals surface area contributed by atoms with E-state index in [4.69, 9.17) is 0 Å². The maximum Gasteiger partial charge on any atom is 0.226 e. The lowest BCUT2D eigenvalue weighted by Crippen LogP contribution is -2.29. The highest BCUT2D eigenvalue weighted by atomic mass is 16.1. The number of nitrogens with zero attached hydrogens (tertiary/aromatic N) is 3. The Hall–Kier alpha value is -2.14. The van der Waals surface area contributed by atoms with E-state index in [1.165, 1.54) is 37.9 Å². The molecular weight excluding hydrogens is 312 g/mol. The Balaban J connectivity index is 1.51. The minimum Gasteiger partial charge on any atom is -0.334 e. The number of aromatic nitrogens is 2. The van der Waals surface area contributed by atoms with Gasteiger partial charge in [-0.3, -0.25) is 9.69 Å². The predicted molar refractivity (Wildman–Crippen MR) is 100 cm³/mol. The zero-order valence-corrected chi connectivity index (χ0v) is 15.1. The highest BCUT2D eigenvalue weighted by molar-refractivity contribution is 5.90. The summed E-state index contributed by atoms with van der Waals surface area (Å²) in [6.45, 7) is 6.08. The minimum absolute atomic E-state index is 0.0471. The molecule has 1 N–H and O–H groups in total. The van der Waals surface area contributed by atoms with Gasteiger partial charge in [0.1, 0.15) is 5.82 Å². The first kappa shape index (κ1) is 17.7. The van der Waals surface area contributed by atoms with Crippen molar-refractivity contribution in [3.63, 3.8) is 0 Å². The molecule has 1 saturated heterocycles. The smallest absolute Gasteiger partial charge is 0.226 e. The molecule has 0 atom stereocenters. The van der Waals surface area contributed by atoms with Crippen LogP contribution in [0.4, 0.5) is 5.69 Å². The standard InChI is InChI=1S/C20H28N4O/c1-2-19-21-10-14-24(19)13-9-20(25)22-18-8-6-7-17(15-18)16-23-11-4-3-5-12-23/h6-8,10,14-15H,2-5,9,11-13,16H2,1H3,(H,22,25). The SMILES string of the molecule is CCc1nccn1CCC(=O)Nc1cccc(CN2CCCCC2)c1. The van der Waals surface area contributed by atoms with Crippen molar-refractivity contribution in [2.45, 2.75) is 52.1 Å². The molecule has 0 spiro atoms. The van der Waals surface area contributed by atoms with Crippen LogP contribution in [0.2, 0.25) is 0 Å². The molecule has 1 amide bonds. The molecule has 1 fully saturated rings. The summed E-state index contributed by atoms with van der Waals surface area (Å²) in [6.07, 6.45) is 9.01. The minimum atomic E-state index is 0.0471. The molecule has 1 aromatic heterocycles. The topological polar surface area (TPSA) is 50.2 Å². The van der Waals surface area contributed by atoms with Crippen LogP contribution in [-0.2, 0) is 24.3 Å². The van der Waals surface area contributed by atoms with Gasteiger partial charge in [-0.2, -0.15) is 0 Å². The van der Waals surface area contributed by atoms with Crippen molar-refractivity contribution in [2.24, 2.45) is 0 Å². The van der Waals surface area contributed by atoms with Crippen molar-refractivity contribution in [3.05, 3.63) is 48.0 Å². The van der Waals surface area contributed by atoms with Crippen molar-refractivity contribution in [3.8, 4) is 0 Å². The van der Waals surface area contributed by atoms with Gasteiger partial charge in [0.05, 0.1) is 0 Å². The second-order valence-electron chi connectivity index (χ2n) is 6.73. The van der Waals surface area contributed by atoms with E-state index in [1.807, 2.05) is 22.9 Å². The number of hydrogen-bond acceptors (Lipinski definition) is 3. The molecule has 5 heteroatoms. The Morgan fingerprint density at radius 2 is 2.08 bits per heavy atom. The summed E-state index contributed by atoms with van der Waals surface area (Å²) in [6, 6.07) is 8.23. The summed E-state index contributed by atoms with van der Waals surface area (Å²) in [7, 11) is 0. The lowest BCUT2D eigenvalue weighted by atomic mass is 10.1. The molecule has 0 aliphatic carbocycles. The van der Waals surface area contributed by atoms with Crippen molar-refractivity contribution < 1.29 is 4.79 Å². The van der Waals surface area contributed by atoms with Gasteiger partial charge in [-0.1, -0.05) is 25.5 Å². The maximum atomic E-state index is 12.3. The average molecular weight is 340 g/mol. The number of nitrogens with one attached hydrogen (secondary N) is 1. The summed E-state index contributed by atoms with van der Waals surface area (Å²) >= 11 is 0. The van der Waals surface area contributed by atoms with Crippen LogP contribution in [0, 0.1) is 0 Å². The number of imidazole rings is 1. The number of rotatable bonds is 7. The number of likely N-dealkylation sites (tertiary alicyclic amines) is 1. The fourth-order valence-electron chi connectivity index (χ4n) is 3.43. The van der Waals surface area contributed by atoms with Crippen LogP contribution < -0.4 is 5.32 Å². The van der Waals surface area contributed by atoms with Crippen molar-refractivity contribution >= 4 is 11.6 Å². The number of benzene rings is 1. The predicted octanol–water partition coefficient (Wildman–Crippen LogP) is 3.46. The summed E-state index contributed by atoms with van der Waals surface area (Å²) in [4.78, 5) is 19.0. The molecule has 1 aliphatic rings. The highest BCUT2D eigenvalue weighted by Gasteiger charge is 2.11. The molecule has 0 saturated carbocycles. The quantitative estimate of drug-likeness (QED) is 0.840. The molecule has 5 nitrogen and oxygen atoms in total. The molecule has 3 rings (SSSR count). The average Bonchev–Trinajstić information content (AvgIpc) is 3.09. The molecule has 0 radical (unpaired) electrons. The molecule has 25 heavy (non-hydrogen) atoms. The molecule has 1 aromatic carbocycles. The molecular formula is C20H28N4O. The van der Waals surface area contributed by atoms with Gasteiger partial charge in [0.15, 0.2) is 0 Å². The second kappa shape index (κ2) is 8.81. The van der Waals surface area contributed by atoms with Gasteiger partial charge in [0, 0.05) is 44.0 Å². The van der Waals surface area contributed by atoms with Gasteiger partial charge in [0.25, 0.3) is 0 Å². The fraction of sp³-hybridized carbons (Fsp3) is 0.500. The summed E-state index contributed by atoms with van der Waals surface area (Å²) < 4.78 is 2.05. The van der Waals surface area contributed by atoms with Gasteiger partial charge in [-0.15, -0.1) is 0 Å². The van der Waals surface area contributed by atoms with E-state index in [0.717, 1.165) is 24.5 Å². The van der Waals surface area contributed by atoms with Gasteiger partial charge < -0.3 is 9.88 Å². The van der Waals surface area contributed by atoms with E-state index in [0.29, 0.717) is 13.0 Å². The van der Waals surface area contributed by atoms with Gasteiger partial charge >= 0.3 is 0 Å². The van der Waals surface area contributed by atoms with Gasteiger partial charge in [-0.25, -0.2) is 4.98 Å². The fourth-order valence-corrected chi connectivity index (χ4v) is 3.43. The van der Waals surface area contributed by atoms with E-state index < -0.39 is 0 Å². The first-order valence-electron chi connectivity index (χ1n) is 9.36. The molecule has 2 heterocycles. The Bertz CT molecular complexity index is 689. The zero-order valence-electron chi connectivity index (χ0n) is 15.1. The van der Waals surface area contributed by atoms with Crippen LogP contribution in [0.15, 0.2) is 36.7 Å². The Labute approximate surface area is 150 Å². The number of carbonyl (C=O) groups is 1. The monoisotopic (exact) mass is 340 g/mol. The van der Waals surface area contributed by atoms with Crippen LogP contribution in [0.5, 0.6) is 0 Å². The molecule has 134 valence electrons. The number of anilines is 1. The Morgan fingerprint density at radius 1 is 1.24 bits per heavy atom. The normalized spacial score (nSPS) is 15.2. The Morgan fingerprint density at radius 3 is 2.88 bits per heavy atom. The molecule has 0 unspecified atom stereocenters. The number of piperidine rings is 1. The summed E-state index contributed by atoms with van der Waals surface area (Å²) in [5.74, 6) is 1.07. The van der Waals surface area contributed by atoms with Crippen molar-refractivity contribution in [1.29, 1.82) is 0 Å². The van der Waals surface area contributed by atoms with E-state index in [2.05, 4.69) is 34.3 Å². The first-order valence-corrected chi connectivity index (χ1v) is 9.36. The zero-order chi connectivity index (χ0) is 17.5. The van der Waals surface area contributed by atoms with Crippen LogP contribution in [0.1, 0.15) is 44.0 Å². The summed E-state index contributed by atoms with van der Waals surface area (Å²) in [5.41, 5.74) is 2.16. The third-order valence-electron chi connectivity index (χ3n) is 4.76. The van der Waals surface area contributed by atoms with Crippen LogP contribution in [-0.4, -0.2) is 33.4 Å². The van der Waals surface area contributed by atoms with Crippen LogP contribution >= 0.6 is 0 Å². The second-order valence-corrected chi connectivity index (χ2v) is 6.73. The van der Waals surface area contributed by atoms with E-state index in [1.54, 1.807) is 6.20 Å². The van der Waals surface area contributed by atoms with Gasteiger partial charge in [-0.05, 0) is 43.6 Å². The Kier molecular flexibility index (Phi) is 6.23. The number of hydrogen-bond donors (Lipinski definition) is 1. The first-order chi connectivity index (χ1) is 12.2. The largest absolute Gasteiger partial charge is 0.334 e. The van der Waals surface area contributed by atoms with E-state index >= 15 is 0 Å². The number of amides is 1. The molecule has 1 aliphatic heterocycles. The van der Waals surface area contributed by atoms with Crippen molar-refractivity contribution in [2.75, 3.05) is 18.4 Å². The summed E-state index contributed by atoms with van der Waals surface area (Å²) in [5, 5.41) is 3.03. The molecule has 2 aromatic rings. The maximum absolute atomic E-state index is 12.3. The van der Waals surface area contributed by atoms with E-state index in [9.17, 15) is 4.79 Å². The van der Waals surface area contributed by atoms with Gasteiger partial charge in [0.2, 0.25) is 5.91 Å². The third-order valence-corrected chi connectivity index (χ3v) is 4.76. The number of aryl methyl sites for hydroxylation is 2.